The molecule has 0 aliphatic heterocycles. The highest BCUT2D eigenvalue weighted by Crippen LogP contribution is 2.22. The van der Waals surface area contributed by atoms with E-state index in [0.29, 0.717) is 6.54 Å². The summed E-state index contributed by atoms with van der Waals surface area (Å²) in [5.74, 6) is 0. The lowest BCUT2D eigenvalue weighted by Crippen LogP contribution is -1.94. The molecule has 2 nitrogen and oxygen atoms in total. The maximum atomic E-state index is 4.20. The number of fused-ring (bicyclic) bond motifs is 1. The molecule has 3 heteroatoms. The molecule has 2 rings (SSSR count). The van der Waals surface area contributed by atoms with E-state index >= 15 is 0 Å². The maximum Gasteiger partial charge on any atom is 0.0693 e. The Morgan fingerprint density at radius 1 is 1.50 bits per heavy atom. The normalized spacial score (nSPS) is 10.8. The lowest BCUT2D eigenvalue weighted by atomic mass is 10.2. The van der Waals surface area contributed by atoms with Crippen molar-refractivity contribution in [3.8, 4) is 0 Å². The summed E-state index contributed by atoms with van der Waals surface area (Å²) in [5, 5.41) is 5.34. The summed E-state index contributed by atoms with van der Waals surface area (Å²) in [4.78, 5) is 0. The molecule has 2 aromatic rings. The standard InChI is InChI=1S/C9H8BrN2/c1-2-12-9-5-3-4-8(10)7(9)6-11-12/h3-6H,1-2H2. The number of halogens is 1. The van der Waals surface area contributed by atoms with Gasteiger partial charge >= 0.3 is 0 Å². The molecule has 0 spiro atoms. The van der Waals surface area contributed by atoms with Crippen LogP contribution in [0.15, 0.2) is 28.9 Å². The largest absolute Gasteiger partial charge is 0.265 e. The monoisotopic (exact) mass is 223 g/mol. The molecule has 0 N–H and O–H groups in total. The summed E-state index contributed by atoms with van der Waals surface area (Å²) in [6.45, 7) is 4.46. The molecule has 1 radical (unpaired) electrons. The molecule has 0 bridgehead atoms. The molecule has 1 aromatic carbocycles. The lowest BCUT2D eigenvalue weighted by Gasteiger charge is -1.97. The minimum absolute atomic E-state index is 0.667. The molecule has 12 heavy (non-hydrogen) atoms. The topological polar surface area (TPSA) is 17.8 Å². The second-order valence-corrected chi connectivity index (χ2v) is 3.39. The average molecular weight is 224 g/mol. The molecule has 0 saturated carbocycles. The second-order valence-electron chi connectivity index (χ2n) is 2.54. The Hall–Kier alpha value is -0.830. The van der Waals surface area contributed by atoms with Gasteiger partial charge in [0, 0.05) is 16.4 Å². The smallest absolute Gasteiger partial charge is 0.0693 e. The number of benzene rings is 1. The van der Waals surface area contributed by atoms with Crippen LogP contribution in [0, 0.1) is 6.92 Å². The van der Waals surface area contributed by atoms with Crippen LogP contribution in [0.1, 0.15) is 0 Å². The van der Waals surface area contributed by atoms with Crippen molar-refractivity contribution < 1.29 is 0 Å². The van der Waals surface area contributed by atoms with Gasteiger partial charge in [-0.15, -0.1) is 0 Å². The third-order valence-corrected chi connectivity index (χ3v) is 2.54. The summed E-state index contributed by atoms with van der Waals surface area (Å²) in [6, 6.07) is 6.05. The van der Waals surface area contributed by atoms with E-state index in [1.807, 2.05) is 29.1 Å². The minimum Gasteiger partial charge on any atom is -0.265 e. The first-order chi connectivity index (χ1) is 5.83. The second kappa shape index (κ2) is 2.90. The maximum absolute atomic E-state index is 4.20. The van der Waals surface area contributed by atoms with E-state index in [1.165, 1.54) is 0 Å². The number of nitrogens with zero attached hydrogens (tertiary/aromatic N) is 2. The van der Waals surface area contributed by atoms with Crippen LogP contribution < -0.4 is 0 Å². The molecule has 0 atom stereocenters. The van der Waals surface area contributed by atoms with Gasteiger partial charge in [0.1, 0.15) is 0 Å². The Kier molecular flexibility index (Phi) is 1.89. The summed E-state index contributed by atoms with van der Waals surface area (Å²) < 4.78 is 2.96. The fourth-order valence-corrected chi connectivity index (χ4v) is 1.70. The molecule has 1 heterocycles. The van der Waals surface area contributed by atoms with Gasteiger partial charge in [0.05, 0.1) is 11.7 Å². The molecule has 61 valence electrons. The summed E-state index contributed by atoms with van der Waals surface area (Å²) in [7, 11) is 0. The van der Waals surface area contributed by atoms with Crippen LogP contribution >= 0.6 is 15.9 Å². The van der Waals surface area contributed by atoms with Gasteiger partial charge < -0.3 is 0 Å². The molecule has 0 aliphatic carbocycles. The number of rotatable bonds is 1. The van der Waals surface area contributed by atoms with Crippen LogP contribution in [0.3, 0.4) is 0 Å². The van der Waals surface area contributed by atoms with Gasteiger partial charge in [0.15, 0.2) is 0 Å². The van der Waals surface area contributed by atoms with Gasteiger partial charge in [-0.2, -0.15) is 5.10 Å². The average Bonchev–Trinajstić information content (AvgIpc) is 2.49. The van der Waals surface area contributed by atoms with Crippen molar-refractivity contribution >= 4 is 26.8 Å². The highest BCUT2D eigenvalue weighted by atomic mass is 79.9. The van der Waals surface area contributed by atoms with Crippen LogP contribution in [0.5, 0.6) is 0 Å². The van der Waals surface area contributed by atoms with E-state index in [0.717, 1.165) is 15.4 Å². The van der Waals surface area contributed by atoms with Crippen molar-refractivity contribution in [2.75, 3.05) is 0 Å². The lowest BCUT2D eigenvalue weighted by molar-refractivity contribution is 0.726. The van der Waals surface area contributed by atoms with Gasteiger partial charge in [-0.1, -0.05) is 22.0 Å². The zero-order valence-corrected chi connectivity index (χ0v) is 8.08. The molecule has 0 fully saturated rings. The number of aromatic nitrogens is 2. The van der Waals surface area contributed by atoms with Crippen molar-refractivity contribution in [3.63, 3.8) is 0 Å². The zero-order valence-electron chi connectivity index (χ0n) is 6.50. The molecule has 0 aliphatic rings. The Bertz CT molecular complexity index is 406. The molecule has 0 saturated heterocycles. The Morgan fingerprint density at radius 2 is 2.33 bits per heavy atom. The number of hydrogen-bond acceptors (Lipinski definition) is 1. The summed E-state index contributed by atoms with van der Waals surface area (Å²) in [6.07, 6.45) is 1.85. The predicted octanol–water partition coefficient (Wildman–Crippen LogP) is 2.63. The fraction of sp³-hybridized carbons (Fsp3) is 0.111. The quantitative estimate of drug-likeness (QED) is 0.727. The minimum atomic E-state index is 0.667. The van der Waals surface area contributed by atoms with E-state index in [2.05, 4.69) is 28.0 Å². The first-order valence-corrected chi connectivity index (χ1v) is 4.51. The van der Waals surface area contributed by atoms with Crippen molar-refractivity contribution in [1.82, 2.24) is 9.78 Å². The molecule has 0 unspecified atom stereocenters. The van der Waals surface area contributed by atoms with Gasteiger partial charge in [-0.3, -0.25) is 4.68 Å². The van der Waals surface area contributed by atoms with Crippen molar-refractivity contribution in [2.24, 2.45) is 0 Å². The summed E-state index contributed by atoms with van der Waals surface area (Å²) >= 11 is 3.47. The first-order valence-electron chi connectivity index (χ1n) is 3.72. The Labute approximate surface area is 79.3 Å². The predicted molar refractivity (Wildman–Crippen MR) is 52.8 cm³/mol. The molecular weight excluding hydrogens is 216 g/mol. The third-order valence-electron chi connectivity index (χ3n) is 1.85. The van der Waals surface area contributed by atoms with Crippen molar-refractivity contribution in [1.29, 1.82) is 0 Å². The molecule has 0 amide bonds. The van der Waals surface area contributed by atoms with E-state index in [-0.39, 0.29) is 0 Å². The van der Waals surface area contributed by atoms with Gasteiger partial charge in [-0.05, 0) is 19.1 Å². The van der Waals surface area contributed by atoms with Crippen LogP contribution in [-0.2, 0) is 6.54 Å². The van der Waals surface area contributed by atoms with Gasteiger partial charge in [0.25, 0.3) is 0 Å². The third kappa shape index (κ3) is 1.05. The SMILES string of the molecule is [CH2]Cn1ncc2c(Br)cccc21. The van der Waals surface area contributed by atoms with Crippen molar-refractivity contribution in [3.05, 3.63) is 35.8 Å². The van der Waals surface area contributed by atoms with E-state index < -0.39 is 0 Å². The fourth-order valence-electron chi connectivity index (χ4n) is 1.25. The van der Waals surface area contributed by atoms with E-state index in [1.54, 1.807) is 0 Å². The van der Waals surface area contributed by atoms with Gasteiger partial charge in [0.2, 0.25) is 0 Å². The zero-order chi connectivity index (χ0) is 8.55. The van der Waals surface area contributed by atoms with Crippen LogP contribution in [-0.4, -0.2) is 9.78 Å². The highest BCUT2D eigenvalue weighted by molar-refractivity contribution is 9.10. The highest BCUT2D eigenvalue weighted by Gasteiger charge is 2.02. The Morgan fingerprint density at radius 3 is 3.08 bits per heavy atom. The first kappa shape index (κ1) is 7.80. The van der Waals surface area contributed by atoms with Gasteiger partial charge in [-0.25, -0.2) is 0 Å². The van der Waals surface area contributed by atoms with Crippen LogP contribution in [0.25, 0.3) is 10.9 Å². The molecule has 1 aromatic heterocycles. The van der Waals surface area contributed by atoms with Crippen LogP contribution in [0.4, 0.5) is 0 Å². The summed E-state index contributed by atoms with van der Waals surface area (Å²) in [5.41, 5.74) is 1.12. The Balaban J connectivity index is 2.80. The van der Waals surface area contributed by atoms with Crippen molar-refractivity contribution in [2.45, 2.75) is 6.54 Å². The van der Waals surface area contributed by atoms with Crippen LogP contribution in [0.2, 0.25) is 0 Å². The van der Waals surface area contributed by atoms with E-state index in [4.69, 9.17) is 0 Å². The van der Waals surface area contributed by atoms with E-state index in [9.17, 15) is 0 Å². The molecular formula is C9H8BrN2. The number of hydrogen-bond donors (Lipinski definition) is 0.